The van der Waals surface area contributed by atoms with Gasteiger partial charge in [0.2, 0.25) is 11.8 Å². The van der Waals surface area contributed by atoms with E-state index in [1.54, 1.807) is 6.07 Å². The topological polar surface area (TPSA) is 70.8 Å². The molecule has 2 fully saturated rings. The molecule has 1 aromatic heterocycles. The number of rotatable bonds is 6. The van der Waals surface area contributed by atoms with Gasteiger partial charge in [0.1, 0.15) is 5.69 Å². The summed E-state index contributed by atoms with van der Waals surface area (Å²) in [6.07, 6.45) is 2.74. The lowest BCUT2D eigenvalue weighted by molar-refractivity contribution is -0.117. The molecule has 7 heteroatoms. The zero-order valence-corrected chi connectivity index (χ0v) is 16.4. The first-order chi connectivity index (χ1) is 13.7. The molecule has 2 aliphatic rings. The number of ether oxygens (including phenoxy) is 1. The van der Waals surface area contributed by atoms with Gasteiger partial charge in [-0.3, -0.25) is 19.9 Å². The van der Waals surface area contributed by atoms with E-state index in [-0.39, 0.29) is 5.91 Å². The summed E-state index contributed by atoms with van der Waals surface area (Å²) in [5.74, 6) is 0.316. The number of piperazine rings is 1. The van der Waals surface area contributed by atoms with Crippen LogP contribution in [0.4, 0.5) is 5.88 Å². The van der Waals surface area contributed by atoms with Gasteiger partial charge in [0, 0.05) is 51.0 Å². The Balaban J connectivity index is 1.22. The molecule has 150 valence electrons. The van der Waals surface area contributed by atoms with Crippen LogP contribution in [0.25, 0.3) is 11.3 Å². The van der Waals surface area contributed by atoms with Crippen LogP contribution in [0.5, 0.6) is 0 Å². The van der Waals surface area contributed by atoms with Gasteiger partial charge in [-0.25, -0.2) is 0 Å². The summed E-state index contributed by atoms with van der Waals surface area (Å²) < 4.78 is 11.0. The van der Waals surface area contributed by atoms with Crippen molar-refractivity contribution in [1.82, 2.24) is 15.0 Å². The molecular formula is C21H28N4O3. The maximum absolute atomic E-state index is 12.4. The quantitative estimate of drug-likeness (QED) is 0.825. The number of hydrogen-bond donors (Lipinski definition) is 1. The van der Waals surface area contributed by atoms with E-state index in [9.17, 15) is 4.79 Å². The van der Waals surface area contributed by atoms with Gasteiger partial charge in [-0.05, 0) is 19.8 Å². The highest BCUT2D eigenvalue weighted by Gasteiger charge is 2.23. The van der Waals surface area contributed by atoms with Crippen LogP contribution in [0, 0.1) is 6.92 Å². The molecule has 0 saturated carbocycles. The van der Waals surface area contributed by atoms with Gasteiger partial charge in [-0.15, -0.1) is 0 Å². The van der Waals surface area contributed by atoms with E-state index in [1.807, 2.05) is 31.2 Å². The lowest BCUT2D eigenvalue weighted by Crippen LogP contribution is -2.50. The highest BCUT2D eigenvalue weighted by molar-refractivity contribution is 5.91. The van der Waals surface area contributed by atoms with Gasteiger partial charge < -0.3 is 9.26 Å². The van der Waals surface area contributed by atoms with Crippen LogP contribution < -0.4 is 5.32 Å². The summed E-state index contributed by atoms with van der Waals surface area (Å²) in [7, 11) is 0. The number of amides is 1. The van der Waals surface area contributed by atoms with Crippen molar-refractivity contribution < 1.29 is 14.1 Å². The second-order valence-electron chi connectivity index (χ2n) is 7.70. The zero-order chi connectivity index (χ0) is 19.3. The molecule has 7 nitrogen and oxygen atoms in total. The molecule has 1 atom stereocenters. The van der Waals surface area contributed by atoms with Crippen molar-refractivity contribution in [3.8, 4) is 11.3 Å². The highest BCUT2D eigenvalue weighted by Crippen LogP contribution is 2.22. The molecule has 2 aliphatic heterocycles. The van der Waals surface area contributed by atoms with Crippen molar-refractivity contribution in [2.75, 3.05) is 51.2 Å². The van der Waals surface area contributed by atoms with E-state index in [1.165, 1.54) is 18.4 Å². The van der Waals surface area contributed by atoms with Crippen molar-refractivity contribution in [3.63, 3.8) is 0 Å². The van der Waals surface area contributed by atoms with Gasteiger partial charge in [0.25, 0.3) is 0 Å². The van der Waals surface area contributed by atoms with E-state index < -0.39 is 0 Å². The lowest BCUT2D eigenvalue weighted by atomic mass is 10.1. The van der Waals surface area contributed by atoms with E-state index in [0.29, 0.717) is 18.5 Å². The average molecular weight is 384 g/mol. The van der Waals surface area contributed by atoms with Crippen LogP contribution in [0.2, 0.25) is 0 Å². The predicted octanol–water partition coefficient (Wildman–Crippen LogP) is 2.39. The molecule has 1 N–H and O–H groups in total. The summed E-state index contributed by atoms with van der Waals surface area (Å²) in [6.45, 7) is 8.07. The number of nitrogens with zero attached hydrogens (tertiary/aromatic N) is 3. The third kappa shape index (κ3) is 4.98. The van der Waals surface area contributed by atoms with E-state index in [4.69, 9.17) is 9.26 Å². The smallest absolute Gasteiger partial charge is 0.240 e. The molecule has 4 rings (SSSR count). The Kier molecular flexibility index (Phi) is 6.04. The first-order valence-electron chi connectivity index (χ1n) is 10.1. The van der Waals surface area contributed by atoms with Crippen molar-refractivity contribution in [2.45, 2.75) is 25.9 Å². The summed E-state index contributed by atoms with van der Waals surface area (Å²) in [4.78, 5) is 17.0. The van der Waals surface area contributed by atoms with Crippen LogP contribution in [-0.2, 0) is 9.53 Å². The fraction of sp³-hybridized carbons (Fsp3) is 0.524. The Morgan fingerprint density at radius 2 is 1.93 bits per heavy atom. The number of hydrogen-bond acceptors (Lipinski definition) is 6. The maximum Gasteiger partial charge on any atom is 0.240 e. The van der Waals surface area contributed by atoms with E-state index in [2.05, 4.69) is 20.3 Å². The lowest BCUT2D eigenvalue weighted by Gasteiger charge is -2.35. The number of carbonyl (C=O) groups is 1. The number of benzene rings is 1. The van der Waals surface area contributed by atoms with Gasteiger partial charge in [0.05, 0.1) is 12.6 Å². The van der Waals surface area contributed by atoms with Gasteiger partial charge in [-0.1, -0.05) is 35.0 Å². The molecule has 28 heavy (non-hydrogen) atoms. The zero-order valence-electron chi connectivity index (χ0n) is 16.4. The molecule has 2 saturated heterocycles. The molecule has 1 amide bonds. The summed E-state index contributed by atoms with van der Waals surface area (Å²) in [6, 6.07) is 9.81. The number of nitrogens with one attached hydrogen (secondary N) is 1. The molecule has 3 heterocycles. The first-order valence-corrected chi connectivity index (χ1v) is 10.1. The van der Waals surface area contributed by atoms with Gasteiger partial charge >= 0.3 is 0 Å². The summed E-state index contributed by atoms with van der Waals surface area (Å²) in [5, 5.41) is 6.87. The van der Waals surface area contributed by atoms with Crippen molar-refractivity contribution in [1.29, 1.82) is 0 Å². The van der Waals surface area contributed by atoms with Crippen LogP contribution in [0.3, 0.4) is 0 Å². The van der Waals surface area contributed by atoms with Crippen LogP contribution in [-0.4, -0.2) is 72.8 Å². The molecule has 1 aromatic carbocycles. The van der Waals surface area contributed by atoms with Gasteiger partial charge in [0.15, 0.2) is 0 Å². The minimum atomic E-state index is -0.0702. The monoisotopic (exact) mass is 384 g/mol. The van der Waals surface area contributed by atoms with Crippen molar-refractivity contribution >= 4 is 11.8 Å². The SMILES string of the molecule is Cc1ccc(-c2cc(NC(=O)CN3CCN(C[C@@H]4CCCO4)CC3)on2)cc1. The summed E-state index contributed by atoms with van der Waals surface area (Å²) >= 11 is 0. The highest BCUT2D eigenvalue weighted by atomic mass is 16.5. The molecule has 0 aliphatic carbocycles. The van der Waals surface area contributed by atoms with Crippen molar-refractivity contribution in [3.05, 3.63) is 35.9 Å². The van der Waals surface area contributed by atoms with Crippen LogP contribution in [0.15, 0.2) is 34.9 Å². The number of aromatic nitrogens is 1. The molecular weight excluding hydrogens is 356 g/mol. The van der Waals surface area contributed by atoms with E-state index in [0.717, 1.165) is 50.6 Å². The Labute approximate surface area is 165 Å². The van der Waals surface area contributed by atoms with Crippen LogP contribution in [0.1, 0.15) is 18.4 Å². The molecule has 0 spiro atoms. The number of carbonyl (C=O) groups excluding carboxylic acids is 1. The summed E-state index contributed by atoms with van der Waals surface area (Å²) in [5.41, 5.74) is 2.88. The molecule has 0 radical (unpaired) electrons. The Morgan fingerprint density at radius 3 is 2.64 bits per heavy atom. The Hall–Kier alpha value is -2.22. The Bertz CT molecular complexity index is 775. The standard InChI is InChI=1S/C21H28N4O3/c1-16-4-6-17(7-5-16)19-13-21(28-23-19)22-20(26)15-25-10-8-24(9-11-25)14-18-3-2-12-27-18/h4-7,13,18H,2-3,8-12,14-15H2,1H3,(H,22,26)/t18-/m0/s1. The van der Waals surface area contributed by atoms with Crippen molar-refractivity contribution in [2.24, 2.45) is 0 Å². The average Bonchev–Trinajstić information content (AvgIpc) is 3.36. The first kappa shape index (κ1) is 19.1. The minimum absolute atomic E-state index is 0.0702. The molecule has 0 unspecified atom stereocenters. The second kappa shape index (κ2) is 8.86. The van der Waals surface area contributed by atoms with Crippen LogP contribution >= 0.6 is 0 Å². The van der Waals surface area contributed by atoms with Gasteiger partial charge in [-0.2, -0.15) is 0 Å². The Morgan fingerprint density at radius 1 is 1.18 bits per heavy atom. The largest absolute Gasteiger partial charge is 0.377 e. The molecule has 2 aromatic rings. The fourth-order valence-electron chi connectivity index (χ4n) is 3.78. The minimum Gasteiger partial charge on any atom is -0.377 e. The maximum atomic E-state index is 12.4. The third-order valence-electron chi connectivity index (χ3n) is 5.44. The number of aryl methyl sites for hydroxylation is 1. The molecule has 0 bridgehead atoms. The predicted molar refractivity (Wildman–Crippen MR) is 107 cm³/mol. The fourth-order valence-corrected chi connectivity index (χ4v) is 3.78. The van der Waals surface area contributed by atoms with E-state index >= 15 is 0 Å². The second-order valence-corrected chi connectivity index (χ2v) is 7.70. The third-order valence-corrected chi connectivity index (χ3v) is 5.44. The normalized spacial score (nSPS) is 21.1. The number of anilines is 1.